The van der Waals surface area contributed by atoms with E-state index in [-0.39, 0.29) is 0 Å². The lowest BCUT2D eigenvalue weighted by Gasteiger charge is -2.31. The number of anilines is 2. The molecule has 1 saturated heterocycles. The number of nitrogens with two attached hydrogens (primary N) is 1. The Morgan fingerprint density at radius 2 is 1.75 bits per heavy atom. The predicted octanol–water partition coefficient (Wildman–Crippen LogP) is 3.20. The molecule has 0 bridgehead atoms. The molecule has 122 valence electrons. The molecule has 0 radical (unpaired) electrons. The number of piperazine rings is 1. The molecule has 1 fully saturated rings. The fourth-order valence-corrected chi connectivity index (χ4v) is 3.65. The zero-order chi connectivity index (χ0) is 16.5. The third-order valence-corrected chi connectivity index (χ3v) is 4.79. The number of fused-ring (bicyclic) bond motifs is 1. The van der Waals surface area contributed by atoms with Crippen LogP contribution in [0.4, 0.5) is 11.5 Å². The van der Waals surface area contributed by atoms with Crippen molar-refractivity contribution in [2.45, 2.75) is 6.92 Å². The monoisotopic (exact) mass is 318 g/mol. The standard InChI is InChI=1S/C20H22N4/c1-14-18(15-6-3-2-4-7-15)20(21)23-16-8-5-9-17(19(14)16)24-12-10-22-11-13-24/h2-9,22H,10-13H2,1H3,(H2,21,23). The van der Waals surface area contributed by atoms with Gasteiger partial charge in [-0.1, -0.05) is 36.4 Å². The molecule has 4 heteroatoms. The maximum atomic E-state index is 6.31. The van der Waals surface area contributed by atoms with Gasteiger partial charge in [-0.2, -0.15) is 0 Å². The van der Waals surface area contributed by atoms with Gasteiger partial charge < -0.3 is 16.0 Å². The van der Waals surface area contributed by atoms with Crippen LogP contribution in [-0.2, 0) is 0 Å². The molecule has 4 rings (SSSR count). The van der Waals surface area contributed by atoms with E-state index in [9.17, 15) is 0 Å². The fraction of sp³-hybridized carbons (Fsp3) is 0.250. The number of rotatable bonds is 2. The van der Waals surface area contributed by atoms with Crippen LogP contribution in [0.25, 0.3) is 22.0 Å². The zero-order valence-corrected chi connectivity index (χ0v) is 13.9. The predicted molar refractivity (Wildman–Crippen MR) is 101 cm³/mol. The molecule has 2 aromatic carbocycles. The molecule has 24 heavy (non-hydrogen) atoms. The van der Waals surface area contributed by atoms with Crippen LogP contribution in [0.5, 0.6) is 0 Å². The molecule has 1 aliphatic rings. The Morgan fingerprint density at radius 3 is 2.50 bits per heavy atom. The van der Waals surface area contributed by atoms with Crippen LogP contribution < -0.4 is 16.0 Å². The lowest BCUT2D eigenvalue weighted by atomic mass is 9.96. The summed E-state index contributed by atoms with van der Waals surface area (Å²) in [6, 6.07) is 16.6. The van der Waals surface area contributed by atoms with Gasteiger partial charge in [0.05, 0.1) is 5.52 Å². The molecule has 3 aromatic rings. The third kappa shape index (κ3) is 2.49. The Morgan fingerprint density at radius 1 is 1.00 bits per heavy atom. The molecule has 0 amide bonds. The summed E-state index contributed by atoms with van der Waals surface area (Å²) in [7, 11) is 0. The number of pyridine rings is 1. The number of hydrogen-bond donors (Lipinski definition) is 2. The summed E-state index contributed by atoms with van der Waals surface area (Å²) in [6.07, 6.45) is 0. The summed E-state index contributed by atoms with van der Waals surface area (Å²) in [5, 5.41) is 4.63. The van der Waals surface area contributed by atoms with Crippen LogP contribution in [-0.4, -0.2) is 31.2 Å². The van der Waals surface area contributed by atoms with E-state index < -0.39 is 0 Å². The number of hydrogen-bond acceptors (Lipinski definition) is 4. The second-order valence-corrected chi connectivity index (χ2v) is 6.27. The van der Waals surface area contributed by atoms with Gasteiger partial charge in [0.2, 0.25) is 0 Å². The van der Waals surface area contributed by atoms with E-state index in [0.717, 1.165) is 42.8 Å². The number of aromatic nitrogens is 1. The van der Waals surface area contributed by atoms with Crippen LogP contribution in [0.1, 0.15) is 5.56 Å². The highest BCUT2D eigenvalue weighted by Crippen LogP contribution is 2.37. The molecule has 0 saturated carbocycles. The summed E-state index contributed by atoms with van der Waals surface area (Å²) in [5.74, 6) is 0.601. The van der Waals surface area contributed by atoms with Crippen molar-refractivity contribution in [1.82, 2.24) is 10.3 Å². The highest BCUT2D eigenvalue weighted by atomic mass is 15.2. The normalized spacial score (nSPS) is 15.0. The fourth-order valence-electron chi connectivity index (χ4n) is 3.65. The van der Waals surface area contributed by atoms with E-state index >= 15 is 0 Å². The van der Waals surface area contributed by atoms with Crippen LogP contribution >= 0.6 is 0 Å². The minimum absolute atomic E-state index is 0.601. The first-order chi connectivity index (χ1) is 11.8. The highest BCUT2D eigenvalue weighted by molar-refractivity contribution is 6.00. The molecule has 1 aromatic heterocycles. The quantitative estimate of drug-likeness (QED) is 0.762. The lowest BCUT2D eigenvalue weighted by molar-refractivity contribution is 0.590. The van der Waals surface area contributed by atoms with Gasteiger partial charge in [-0.05, 0) is 30.2 Å². The Bertz CT molecular complexity index is 868. The van der Waals surface area contributed by atoms with Gasteiger partial charge in [-0.15, -0.1) is 0 Å². The van der Waals surface area contributed by atoms with E-state index in [1.54, 1.807) is 0 Å². The van der Waals surface area contributed by atoms with Crippen molar-refractivity contribution in [1.29, 1.82) is 0 Å². The molecular weight excluding hydrogens is 296 g/mol. The minimum Gasteiger partial charge on any atom is -0.383 e. The number of nitrogens with one attached hydrogen (secondary N) is 1. The minimum atomic E-state index is 0.601. The molecule has 0 unspecified atom stereocenters. The molecule has 1 aliphatic heterocycles. The molecular formula is C20H22N4. The second kappa shape index (κ2) is 6.13. The van der Waals surface area contributed by atoms with E-state index in [2.05, 4.69) is 47.5 Å². The van der Waals surface area contributed by atoms with Crippen molar-refractivity contribution in [3.05, 3.63) is 54.1 Å². The topological polar surface area (TPSA) is 54.2 Å². The van der Waals surface area contributed by atoms with Gasteiger partial charge >= 0.3 is 0 Å². The van der Waals surface area contributed by atoms with Gasteiger partial charge in [-0.25, -0.2) is 4.98 Å². The maximum absolute atomic E-state index is 6.31. The van der Waals surface area contributed by atoms with Crippen molar-refractivity contribution < 1.29 is 0 Å². The van der Waals surface area contributed by atoms with Gasteiger partial charge in [0.15, 0.2) is 0 Å². The third-order valence-electron chi connectivity index (χ3n) is 4.79. The second-order valence-electron chi connectivity index (χ2n) is 6.27. The Labute approximate surface area is 142 Å². The van der Waals surface area contributed by atoms with Crippen LogP contribution in [0, 0.1) is 6.92 Å². The summed E-state index contributed by atoms with van der Waals surface area (Å²) in [5.41, 5.74) is 11.9. The van der Waals surface area contributed by atoms with Gasteiger partial charge in [0, 0.05) is 42.8 Å². The SMILES string of the molecule is Cc1c(-c2ccccc2)c(N)nc2cccc(N3CCNCC3)c12. The van der Waals surface area contributed by atoms with Gasteiger partial charge in [0.25, 0.3) is 0 Å². The first-order valence-electron chi connectivity index (χ1n) is 8.45. The van der Waals surface area contributed by atoms with Gasteiger partial charge in [0.1, 0.15) is 5.82 Å². The zero-order valence-electron chi connectivity index (χ0n) is 13.9. The molecule has 3 N–H and O–H groups in total. The Balaban J connectivity index is 1.96. The maximum Gasteiger partial charge on any atom is 0.132 e. The van der Waals surface area contributed by atoms with Crippen LogP contribution in [0.15, 0.2) is 48.5 Å². The molecule has 0 aliphatic carbocycles. The average molecular weight is 318 g/mol. The number of aryl methyl sites for hydroxylation is 1. The lowest BCUT2D eigenvalue weighted by Crippen LogP contribution is -2.43. The first-order valence-corrected chi connectivity index (χ1v) is 8.45. The van der Waals surface area contributed by atoms with E-state index in [0.29, 0.717) is 5.82 Å². The van der Waals surface area contributed by atoms with Crippen molar-refractivity contribution in [3.63, 3.8) is 0 Å². The number of nitrogen functional groups attached to an aromatic ring is 1. The summed E-state index contributed by atoms with van der Waals surface area (Å²) < 4.78 is 0. The Hall–Kier alpha value is -2.59. The van der Waals surface area contributed by atoms with Crippen molar-refractivity contribution in [3.8, 4) is 11.1 Å². The van der Waals surface area contributed by atoms with Crippen LogP contribution in [0.2, 0.25) is 0 Å². The van der Waals surface area contributed by atoms with Crippen molar-refractivity contribution >= 4 is 22.4 Å². The smallest absolute Gasteiger partial charge is 0.132 e. The number of benzene rings is 2. The van der Waals surface area contributed by atoms with Crippen molar-refractivity contribution in [2.24, 2.45) is 0 Å². The van der Waals surface area contributed by atoms with Gasteiger partial charge in [-0.3, -0.25) is 0 Å². The molecule has 4 nitrogen and oxygen atoms in total. The summed E-state index contributed by atoms with van der Waals surface area (Å²) >= 11 is 0. The molecule has 0 spiro atoms. The van der Waals surface area contributed by atoms with Crippen LogP contribution in [0.3, 0.4) is 0 Å². The van der Waals surface area contributed by atoms with E-state index in [4.69, 9.17) is 10.7 Å². The number of nitrogens with zero attached hydrogens (tertiary/aromatic N) is 2. The highest BCUT2D eigenvalue weighted by Gasteiger charge is 2.18. The first kappa shape index (κ1) is 15.0. The van der Waals surface area contributed by atoms with E-state index in [1.165, 1.54) is 16.6 Å². The average Bonchev–Trinajstić information content (AvgIpc) is 2.63. The molecule has 2 heterocycles. The van der Waals surface area contributed by atoms with E-state index in [1.807, 2.05) is 18.2 Å². The Kier molecular flexibility index (Phi) is 3.82. The largest absolute Gasteiger partial charge is 0.383 e. The summed E-state index contributed by atoms with van der Waals surface area (Å²) in [4.78, 5) is 7.15. The van der Waals surface area contributed by atoms with Crippen molar-refractivity contribution in [2.75, 3.05) is 36.8 Å². The summed E-state index contributed by atoms with van der Waals surface area (Å²) in [6.45, 7) is 6.23. The molecule has 0 atom stereocenters.